The molecule has 3 heterocycles. The second-order valence-corrected chi connectivity index (χ2v) is 8.29. The third-order valence-corrected chi connectivity index (χ3v) is 6.34. The summed E-state index contributed by atoms with van der Waals surface area (Å²) < 4.78 is 25.2. The number of nitrogens with zero attached hydrogens (tertiary/aromatic N) is 1. The standard InChI is InChI=1S/C20H25FN2O3S.ClH/c21-16-5-3-15(4-6-16)18-17(27-19(24)22-18)7-10-23-11-8-20(9-12-23)25-13-1-2-14-26-20;/h3-6H,1-2,7-14H2,(H,22,24);1H. The molecule has 0 radical (unpaired) electrons. The maximum Gasteiger partial charge on any atom is 0.305 e. The minimum absolute atomic E-state index is 0. The zero-order valence-corrected chi connectivity index (χ0v) is 17.4. The number of likely N-dealkylation sites (tertiary alicyclic amines) is 1. The summed E-state index contributed by atoms with van der Waals surface area (Å²) in [4.78, 5) is 18.1. The van der Waals surface area contributed by atoms with E-state index in [9.17, 15) is 9.18 Å². The predicted octanol–water partition coefficient (Wildman–Crippen LogP) is 3.83. The molecule has 2 aliphatic heterocycles. The number of aromatic amines is 1. The smallest absolute Gasteiger partial charge is 0.305 e. The van der Waals surface area contributed by atoms with Gasteiger partial charge in [0.15, 0.2) is 5.79 Å². The van der Waals surface area contributed by atoms with Crippen molar-refractivity contribution in [2.24, 2.45) is 0 Å². The normalized spacial score (nSPS) is 19.9. The third-order valence-electron chi connectivity index (χ3n) is 5.40. The lowest BCUT2D eigenvalue weighted by atomic mass is 10.0. The van der Waals surface area contributed by atoms with E-state index in [0.717, 1.165) is 81.1 Å². The number of benzene rings is 1. The maximum atomic E-state index is 13.2. The molecule has 0 saturated carbocycles. The Labute approximate surface area is 174 Å². The van der Waals surface area contributed by atoms with Crippen LogP contribution in [0.3, 0.4) is 0 Å². The van der Waals surface area contributed by atoms with Crippen LogP contribution in [0.5, 0.6) is 0 Å². The van der Waals surface area contributed by atoms with Gasteiger partial charge in [0.1, 0.15) is 5.82 Å². The number of nitrogens with one attached hydrogen (secondary N) is 1. The number of ether oxygens (including phenoxy) is 2. The topological polar surface area (TPSA) is 54.6 Å². The summed E-state index contributed by atoms with van der Waals surface area (Å²) in [6, 6.07) is 6.27. The fourth-order valence-corrected chi connectivity index (χ4v) is 4.65. The molecule has 1 aromatic carbocycles. The predicted molar refractivity (Wildman–Crippen MR) is 111 cm³/mol. The lowest BCUT2D eigenvalue weighted by Gasteiger charge is -2.40. The van der Waals surface area contributed by atoms with Crippen molar-refractivity contribution < 1.29 is 13.9 Å². The van der Waals surface area contributed by atoms with Crippen molar-refractivity contribution in [1.29, 1.82) is 0 Å². The van der Waals surface area contributed by atoms with Gasteiger partial charge in [0.05, 0.1) is 18.9 Å². The van der Waals surface area contributed by atoms with Crippen LogP contribution >= 0.6 is 23.7 Å². The molecule has 1 spiro atoms. The fourth-order valence-electron chi connectivity index (χ4n) is 3.81. The third kappa shape index (κ3) is 5.02. The van der Waals surface area contributed by atoms with Crippen molar-refractivity contribution in [3.05, 3.63) is 44.6 Å². The Bertz CT molecular complexity index is 806. The van der Waals surface area contributed by atoms with Crippen LogP contribution in [0.2, 0.25) is 0 Å². The van der Waals surface area contributed by atoms with Crippen LogP contribution < -0.4 is 4.87 Å². The molecule has 5 nitrogen and oxygen atoms in total. The molecule has 2 fully saturated rings. The van der Waals surface area contributed by atoms with E-state index in [1.807, 2.05) is 0 Å². The van der Waals surface area contributed by atoms with Gasteiger partial charge in [-0.15, -0.1) is 12.4 Å². The van der Waals surface area contributed by atoms with Crippen LogP contribution in [0.4, 0.5) is 4.39 Å². The Balaban J connectivity index is 0.00000225. The monoisotopic (exact) mass is 428 g/mol. The number of aromatic nitrogens is 1. The SMILES string of the molecule is Cl.O=c1[nH]c(-c2ccc(F)cc2)c(CCN2CCC3(CC2)OCCCCO3)s1. The molecule has 8 heteroatoms. The van der Waals surface area contributed by atoms with Crippen LogP contribution in [0.15, 0.2) is 29.1 Å². The molecule has 0 amide bonds. The number of piperidine rings is 1. The van der Waals surface area contributed by atoms with Crippen LogP contribution in [-0.4, -0.2) is 48.5 Å². The molecule has 2 aromatic rings. The van der Waals surface area contributed by atoms with Crippen molar-refractivity contribution in [1.82, 2.24) is 9.88 Å². The fraction of sp³-hybridized carbons (Fsp3) is 0.550. The van der Waals surface area contributed by atoms with E-state index < -0.39 is 0 Å². The Kier molecular flexibility index (Phi) is 7.28. The summed E-state index contributed by atoms with van der Waals surface area (Å²) in [5.41, 5.74) is 1.66. The number of rotatable bonds is 4. The van der Waals surface area contributed by atoms with E-state index in [-0.39, 0.29) is 28.9 Å². The highest BCUT2D eigenvalue weighted by atomic mass is 35.5. The quantitative estimate of drug-likeness (QED) is 0.804. The molecular formula is C20H26ClFN2O3S. The van der Waals surface area contributed by atoms with E-state index in [0.29, 0.717) is 0 Å². The molecule has 28 heavy (non-hydrogen) atoms. The van der Waals surface area contributed by atoms with Crippen molar-refractivity contribution >= 4 is 23.7 Å². The van der Waals surface area contributed by atoms with Gasteiger partial charge < -0.3 is 19.4 Å². The largest absolute Gasteiger partial charge is 0.350 e. The van der Waals surface area contributed by atoms with Gasteiger partial charge in [0.25, 0.3) is 0 Å². The Morgan fingerprint density at radius 2 is 1.75 bits per heavy atom. The number of thiazole rings is 1. The molecule has 2 saturated heterocycles. The average molecular weight is 429 g/mol. The summed E-state index contributed by atoms with van der Waals surface area (Å²) in [5, 5.41) is 0. The van der Waals surface area contributed by atoms with Crippen molar-refractivity contribution in [3.8, 4) is 11.3 Å². The Morgan fingerprint density at radius 3 is 2.39 bits per heavy atom. The second kappa shape index (κ2) is 9.50. The van der Waals surface area contributed by atoms with Crippen LogP contribution in [0.25, 0.3) is 11.3 Å². The number of halogens is 2. The van der Waals surface area contributed by atoms with Gasteiger partial charge in [-0.05, 0) is 49.1 Å². The number of hydrogen-bond acceptors (Lipinski definition) is 5. The molecule has 154 valence electrons. The Hall–Kier alpha value is -1.25. The van der Waals surface area contributed by atoms with Gasteiger partial charge in [-0.25, -0.2) is 4.39 Å². The molecule has 1 aromatic heterocycles. The first-order valence-corrected chi connectivity index (χ1v) is 10.4. The van der Waals surface area contributed by atoms with Crippen LogP contribution in [-0.2, 0) is 15.9 Å². The zero-order valence-electron chi connectivity index (χ0n) is 15.7. The lowest BCUT2D eigenvalue weighted by Crippen LogP contribution is -2.48. The van der Waals surface area contributed by atoms with Crippen LogP contribution in [0, 0.1) is 5.82 Å². The maximum absolute atomic E-state index is 13.2. The van der Waals surface area contributed by atoms with Crippen LogP contribution in [0.1, 0.15) is 30.6 Å². The minimum atomic E-state index is -0.384. The highest BCUT2D eigenvalue weighted by Gasteiger charge is 2.37. The summed E-state index contributed by atoms with van der Waals surface area (Å²) in [6.45, 7) is 4.34. The van der Waals surface area contributed by atoms with Gasteiger partial charge in [-0.1, -0.05) is 11.3 Å². The molecule has 0 bridgehead atoms. The Morgan fingerprint density at radius 1 is 1.11 bits per heavy atom. The second-order valence-electron chi connectivity index (χ2n) is 7.23. The van der Waals surface area contributed by atoms with E-state index in [4.69, 9.17) is 9.47 Å². The molecule has 0 atom stereocenters. The van der Waals surface area contributed by atoms with E-state index >= 15 is 0 Å². The first-order chi connectivity index (χ1) is 13.1. The number of H-pyrrole nitrogens is 1. The minimum Gasteiger partial charge on any atom is -0.350 e. The zero-order chi connectivity index (χ0) is 18.7. The van der Waals surface area contributed by atoms with Gasteiger partial charge in [-0.3, -0.25) is 4.79 Å². The first kappa shape index (κ1) is 21.5. The van der Waals surface area contributed by atoms with Gasteiger partial charge in [-0.2, -0.15) is 0 Å². The number of hydrogen-bond donors (Lipinski definition) is 1. The highest BCUT2D eigenvalue weighted by molar-refractivity contribution is 7.09. The molecule has 0 unspecified atom stereocenters. The first-order valence-electron chi connectivity index (χ1n) is 9.62. The summed E-state index contributed by atoms with van der Waals surface area (Å²) >= 11 is 1.25. The highest BCUT2D eigenvalue weighted by Crippen LogP contribution is 2.31. The van der Waals surface area contributed by atoms with Crippen molar-refractivity contribution in [3.63, 3.8) is 0 Å². The van der Waals surface area contributed by atoms with E-state index in [1.54, 1.807) is 12.1 Å². The van der Waals surface area contributed by atoms with Gasteiger partial charge in [0.2, 0.25) is 0 Å². The average Bonchev–Trinajstić information content (AvgIpc) is 2.90. The molecule has 4 rings (SSSR count). The summed E-state index contributed by atoms with van der Waals surface area (Å²) in [6.07, 6.45) is 4.72. The summed E-state index contributed by atoms with van der Waals surface area (Å²) in [5.74, 6) is -0.659. The van der Waals surface area contributed by atoms with Crippen molar-refractivity contribution in [2.75, 3.05) is 32.8 Å². The van der Waals surface area contributed by atoms with Crippen molar-refractivity contribution in [2.45, 2.75) is 37.9 Å². The molecule has 2 aliphatic rings. The van der Waals surface area contributed by atoms with E-state index in [1.165, 1.54) is 23.5 Å². The van der Waals surface area contributed by atoms with Gasteiger partial charge >= 0.3 is 4.87 Å². The lowest BCUT2D eigenvalue weighted by molar-refractivity contribution is -0.246. The summed E-state index contributed by atoms with van der Waals surface area (Å²) in [7, 11) is 0. The molecular weight excluding hydrogens is 403 g/mol. The molecule has 0 aliphatic carbocycles. The van der Waals surface area contributed by atoms with E-state index in [2.05, 4.69) is 9.88 Å². The van der Waals surface area contributed by atoms with Gasteiger partial charge in [0, 0.05) is 37.4 Å². The molecule has 1 N–H and O–H groups in total.